The molecule has 4 nitrogen and oxygen atoms in total. The number of hydrogen-bond acceptors (Lipinski definition) is 2. The van der Waals surface area contributed by atoms with Gasteiger partial charge in [0.2, 0.25) is 5.91 Å². The maximum Gasteiger partial charge on any atom is 0.335 e. The first-order valence-electron chi connectivity index (χ1n) is 7.75. The van der Waals surface area contributed by atoms with E-state index in [-0.39, 0.29) is 17.9 Å². The van der Waals surface area contributed by atoms with Crippen LogP contribution in [0, 0.1) is 0 Å². The lowest BCUT2D eigenvalue weighted by molar-refractivity contribution is -0.119. The lowest BCUT2D eigenvalue weighted by atomic mass is 9.76. The molecule has 1 aliphatic rings. The van der Waals surface area contributed by atoms with Crippen LogP contribution in [-0.4, -0.2) is 17.0 Å². The molecule has 1 amide bonds. The number of carbonyl (C=O) groups is 2. The number of carboxylic acids is 1. The molecule has 4 heteroatoms. The van der Waals surface area contributed by atoms with E-state index in [1.54, 1.807) is 19.1 Å². The van der Waals surface area contributed by atoms with E-state index in [1.807, 2.05) is 24.3 Å². The number of aromatic carboxylic acids is 1. The summed E-state index contributed by atoms with van der Waals surface area (Å²) in [7, 11) is 0. The van der Waals surface area contributed by atoms with Gasteiger partial charge in [-0.05, 0) is 41.7 Å². The van der Waals surface area contributed by atoms with E-state index in [0.717, 1.165) is 24.0 Å². The Morgan fingerprint density at radius 2 is 1.65 bits per heavy atom. The summed E-state index contributed by atoms with van der Waals surface area (Å²) in [5.74, 6) is -0.695. The van der Waals surface area contributed by atoms with Gasteiger partial charge in [0.1, 0.15) is 0 Å². The lowest BCUT2D eigenvalue weighted by Gasteiger charge is -2.32. The van der Waals surface area contributed by atoms with Gasteiger partial charge >= 0.3 is 5.97 Å². The molecule has 0 bridgehead atoms. The maximum atomic E-state index is 11.4. The summed E-state index contributed by atoms with van der Waals surface area (Å²) in [5, 5.41) is 12.0. The topological polar surface area (TPSA) is 66.4 Å². The van der Waals surface area contributed by atoms with Gasteiger partial charge in [-0.15, -0.1) is 0 Å². The second-order valence-electron chi connectivity index (χ2n) is 5.94. The molecule has 2 aromatic rings. The Kier molecular flexibility index (Phi) is 4.15. The normalized spacial score (nSPS) is 19.7. The fraction of sp³-hybridized carbons (Fsp3) is 0.263. The Labute approximate surface area is 135 Å². The summed E-state index contributed by atoms with van der Waals surface area (Å²) < 4.78 is 0. The predicted molar refractivity (Wildman–Crippen MR) is 87.5 cm³/mol. The van der Waals surface area contributed by atoms with E-state index in [4.69, 9.17) is 5.11 Å². The van der Waals surface area contributed by atoms with Gasteiger partial charge in [-0.2, -0.15) is 0 Å². The van der Waals surface area contributed by atoms with Crippen molar-refractivity contribution in [3.63, 3.8) is 0 Å². The van der Waals surface area contributed by atoms with Crippen molar-refractivity contribution in [2.75, 3.05) is 0 Å². The largest absolute Gasteiger partial charge is 0.478 e. The summed E-state index contributed by atoms with van der Waals surface area (Å²) >= 11 is 0. The zero-order valence-corrected chi connectivity index (χ0v) is 13.0. The molecule has 2 aromatic carbocycles. The van der Waals surface area contributed by atoms with Crippen LogP contribution in [0.3, 0.4) is 0 Å². The highest BCUT2D eigenvalue weighted by Gasteiger charge is 2.28. The van der Waals surface area contributed by atoms with Crippen LogP contribution in [0.4, 0.5) is 0 Å². The summed E-state index contributed by atoms with van der Waals surface area (Å²) in [6.07, 6.45) is 1.80. The quantitative estimate of drug-likeness (QED) is 0.912. The smallest absolute Gasteiger partial charge is 0.335 e. The van der Waals surface area contributed by atoms with E-state index in [9.17, 15) is 9.59 Å². The standard InChI is InChI=1S/C19H19NO3/c1-12(21)20-18-11-10-15(16-4-2-3-5-17(16)18)13-6-8-14(9-7-13)19(22)23/h2-9,15,18H,10-11H2,1H3,(H,20,21)(H,22,23)/t15-,18-/m0/s1. The molecule has 1 aliphatic carbocycles. The average Bonchev–Trinajstić information content (AvgIpc) is 2.55. The van der Waals surface area contributed by atoms with Crippen LogP contribution in [0.25, 0.3) is 0 Å². The molecule has 2 atom stereocenters. The predicted octanol–water partition coefficient (Wildman–Crippen LogP) is 3.49. The van der Waals surface area contributed by atoms with Crippen molar-refractivity contribution < 1.29 is 14.7 Å². The first-order valence-corrected chi connectivity index (χ1v) is 7.75. The van der Waals surface area contributed by atoms with Crippen LogP contribution >= 0.6 is 0 Å². The molecule has 2 N–H and O–H groups in total. The molecule has 0 aliphatic heterocycles. The molecular weight excluding hydrogens is 290 g/mol. The van der Waals surface area contributed by atoms with E-state index in [2.05, 4.69) is 17.4 Å². The zero-order valence-electron chi connectivity index (χ0n) is 13.0. The Bertz CT molecular complexity index is 737. The molecule has 0 spiro atoms. The van der Waals surface area contributed by atoms with Crippen molar-refractivity contribution in [3.8, 4) is 0 Å². The molecular formula is C19H19NO3. The number of hydrogen-bond donors (Lipinski definition) is 2. The number of carbonyl (C=O) groups excluding carboxylic acids is 1. The third kappa shape index (κ3) is 3.11. The van der Waals surface area contributed by atoms with Crippen LogP contribution in [0.1, 0.15) is 58.8 Å². The van der Waals surface area contributed by atoms with Gasteiger partial charge in [0.15, 0.2) is 0 Å². The second kappa shape index (κ2) is 6.24. The van der Waals surface area contributed by atoms with E-state index in [0.29, 0.717) is 5.56 Å². The van der Waals surface area contributed by atoms with Gasteiger partial charge in [0, 0.05) is 12.8 Å². The average molecular weight is 309 g/mol. The van der Waals surface area contributed by atoms with E-state index in [1.165, 1.54) is 5.56 Å². The van der Waals surface area contributed by atoms with Gasteiger partial charge in [-0.3, -0.25) is 4.79 Å². The molecule has 0 fully saturated rings. The molecule has 0 heterocycles. The van der Waals surface area contributed by atoms with Crippen molar-refractivity contribution >= 4 is 11.9 Å². The van der Waals surface area contributed by atoms with Gasteiger partial charge in [0.05, 0.1) is 11.6 Å². The van der Waals surface area contributed by atoms with Crippen LogP contribution in [-0.2, 0) is 4.79 Å². The lowest BCUT2D eigenvalue weighted by Crippen LogP contribution is -2.30. The molecule has 0 unspecified atom stereocenters. The number of nitrogens with one attached hydrogen (secondary N) is 1. The highest BCUT2D eigenvalue weighted by atomic mass is 16.4. The van der Waals surface area contributed by atoms with Crippen molar-refractivity contribution in [3.05, 3.63) is 70.8 Å². The Hall–Kier alpha value is -2.62. The number of amides is 1. The highest BCUT2D eigenvalue weighted by molar-refractivity contribution is 5.87. The van der Waals surface area contributed by atoms with Gasteiger partial charge in [0.25, 0.3) is 0 Å². The summed E-state index contributed by atoms with van der Waals surface area (Å²) in [5.41, 5.74) is 3.78. The highest BCUT2D eigenvalue weighted by Crippen LogP contribution is 2.41. The first-order chi connectivity index (χ1) is 11.1. The minimum absolute atomic E-state index is 0.0194. The van der Waals surface area contributed by atoms with Crippen molar-refractivity contribution in [2.45, 2.75) is 31.7 Å². The molecule has 3 rings (SSSR count). The monoisotopic (exact) mass is 309 g/mol. The SMILES string of the molecule is CC(=O)N[C@H]1CC[C@@H](c2ccc(C(=O)O)cc2)c2ccccc21. The molecule has 118 valence electrons. The molecule has 23 heavy (non-hydrogen) atoms. The van der Waals surface area contributed by atoms with Gasteiger partial charge in [-0.1, -0.05) is 36.4 Å². The van der Waals surface area contributed by atoms with Crippen molar-refractivity contribution in [1.29, 1.82) is 0 Å². The number of fused-ring (bicyclic) bond motifs is 1. The molecule has 0 aromatic heterocycles. The third-order valence-corrected chi connectivity index (χ3v) is 4.43. The fourth-order valence-electron chi connectivity index (χ4n) is 3.39. The summed E-state index contributed by atoms with van der Waals surface area (Å²) in [6.45, 7) is 1.54. The fourth-order valence-corrected chi connectivity index (χ4v) is 3.39. The Morgan fingerprint density at radius 1 is 1.00 bits per heavy atom. The van der Waals surface area contributed by atoms with Crippen LogP contribution in [0.2, 0.25) is 0 Å². The summed E-state index contributed by atoms with van der Waals surface area (Å²) in [4.78, 5) is 22.4. The van der Waals surface area contributed by atoms with Crippen LogP contribution in [0.15, 0.2) is 48.5 Å². The Morgan fingerprint density at radius 3 is 2.26 bits per heavy atom. The van der Waals surface area contributed by atoms with Gasteiger partial charge in [-0.25, -0.2) is 4.79 Å². The molecule has 0 radical (unpaired) electrons. The van der Waals surface area contributed by atoms with Crippen LogP contribution < -0.4 is 5.32 Å². The molecule has 0 saturated carbocycles. The second-order valence-corrected chi connectivity index (χ2v) is 5.94. The first kappa shape index (κ1) is 15.3. The zero-order chi connectivity index (χ0) is 16.4. The Balaban J connectivity index is 1.94. The minimum Gasteiger partial charge on any atom is -0.478 e. The number of rotatable bonds is 3. The summed E-state index contributed by atoms with van der Waals surface area (Å²) in [6, 6.07) is 15.3. The third-order valence-electron chi connectivity index (χ3n) is 4.43. The maximum absolute atomic E-state index is 11.4. The van der Waals surface area contributed by atoms with Crippen molar-refractivity contribution in [1.82, 2.24) is 5.32 Å². The van der Waals surface area contributed by atoms with Gasteiger partial charge < -0.3 is 10.4 Å². The van der Waals surface area contributed by atoms with E-state index >= 15 is 0 Å². The number of benzene rings is 2. The van der Waals surface area contributed by atoms with Crippen molar-refractivity contribution in [2.24, 2.45) is 0 Å². The van der Waals surface area contributed by atoms with Crippen LogP contribution in [0.5, 0.6) is 0 Å². The minimum atomic E-state index is -0.911. The van der Waals surface area contributed by atoms with E-state index < -0.39 is 5.97 Å². The number of carboxylic acid groups (broad SMARTS) is 1. The molecule has 0 saturated heterocycles.